The maximum Gasteiger partial charge on any atom is 0.166 e. The van der Waals surface area contributed by atoms with Gasteiger partial charge in [-0.1, -0.05) is 25.7 Å². The molecule has 2 rings (SSSR count). The van der Waals surface area contributed by atoms with Crippen molar-refractivity contribution < 1.29 is 14.7 Å². The van der Waals surface area contributed by atoms with Gasteiger partial charge in [0, 0.05) is 6.42 Å². The Bertz CT molecular complexity index is 621. The number of aromatic hydroxyl groups is 1. The van der Waals surface area contributed by atoms with E-state index in [0.29, 0.717) is 18.4 Å². The van der Waals surface area contributed by atoms with Gasteiger partial charge in [0.15, 0.2) is 11.6 Å². The van der Waals surface area contributed by atoms with Crippen LogP contribution in [0.15, 0.2) is 18.7 Å². The fourth-order valence-corrected chi connectivity index (χ4v) is 2.33. The third kappa shape index (κ3) is 2.12. The van der Waals surface area contributed by atoms with E-state index in [4.69, 9.17) is 0 Å². The lowest BCUT2D eigenvalue weighted by Gasteiger charge is -2.12. The molecular formula is C16H16O3. The van der Waals surface area contributed by atoms with Crippen LogP contribution in [0.4, 0.5) is 0 Å². The molecule has 3 heteroatoms. The van der Waals surface area contributed by atoms with Gasteiger partial charge in [0.25, 0.3) is 0 Å². The van der Waals surface area contributed by atoms with E-state index < -0.39 is 0 Å². The summed E-state index contributed by atoms with van der Waals surface area (Å²) in [5.74, 6) is -0.603. The number of carbonyl (C=O) groups excluding carboxylic acids is 2. The van der Waals surface area contributed by atoms with Gasteiger partial charge in [-0.3, -0.25) is 9.59 Å². The summed E-state index contributed by atoms with van der Waals surface area (Å²) >= 11 is 0. The van der Waals surface area contributed by atoms with E-state index in [2.05, 4.69) is 6.58 Å². The second kappa shape index (κ2) is 4.84. The van der Waals surface area contributed by atoms with Crippen LogP contribution in [0.1, 0.15) is 58.5 Å². The van der Waals surface area contributed by atoms with Crippen molar-refractivity contribution in [3.05, 3.63) is 41.0 Å². The number of benzene rings is 1. The van der Waals surface area contributed by atoms with Crippen LogP contribution >= 0.6 is 0 Å². The van der Waals surface area contributed by atoms with E-state index in [9.17, 15) is 14.7 Å². The van der Waals surface area contributed by atoms with Crippen molar-refractivity contribution in [3.8, 4) is 5.75 Å². The van der Waals surface area contributed by atoms with Crippen molar-refractivity contribution in [1.82, 2.24) is 0 Å². The molecule has 0 aliphatic heterocycles. The topological polar surface area (TPSA) is 54.4 Å². The van der Waals surface area contributed by atoms with E-state index in [0.717, 1.165) is 11.1 Å². The van der Waals surface area contributed by atoms with E-state index in [-0.39, 0.29) is 28.4 Å². The molecule has 0 spiro atoms. The fraction of sp³-hybridized carbons (Fsp3) is 0.250. The lowest BCUT2D eigenvalue weighted by Crippen LogP contribution is -2.06. The minimum Gasteiger partial charge on any atom is -0.506 e. The summed E-state index contributed by atoms with van der Waals surface area (Å²) in [5.41, 5.74) is 2.59. The maximum absolute atomic E-state index is 12.0. The van der Waals surface area contributed by atoms with Gasteiger partial charge in [0.1, 0.15) is 5.75 Å². The maximum atomic E-state index is 12.0. The Hall–Kier alpha value is -2.16. The lowest BCUT2D eigenvalue weighted by atomic mass is 9.92. The molecule has 98 valence electrons. The predicted octanol–water partition coefficient (Wildman–Crippen LogP) is 3.62. The second-order valence-corrected chi connectivity index (χ2v) is 4.70. The smallest absolute Gasteiger partial charge is 0.166 e. The number of ketones is 2. The van der Waals surface area contributed by atoms with Crippen molar-refractivity contribution in [2.75, 3.05) is 0 Å². The zero-order valence-corrected chi connectivity index (χ0v) is 11.1. The molecule has 0 unspecified atom stereocenters. The molecule has 0 atom stereocenters. The van der Waals surface area contributed by atoms with Gasteiger partial charge < -0.3 is 5.11 Å². The predicted molar refractivity (Wildman–Crippen MR) is 75.4 cm³/mol. The first-order valence-corrected chi connectivity index (χ1v) is 6.28. The lowest BCUT2D eigenvalue weighted by molar-refractivity contribution is 0.0979. The number of phenolic OH excluding ortho intramolecular Hbond substituents is 1. The highest BCUT2D eigenvalue weighted by Gasteiger charge is 2.24. The van der Waals surface area contributed by atoms with E-state index in [1.54, 1.807) is 18.2 Å². The summed E-state index contributed by atoms with van der Waals surface area (Å²) in [6.07, 6.45) is 4.58. The Morgan fingerprint density at radius 1 is 1.32 bits per heavy atom. The molecule has 1 aliphatic rings. The Morgan fingerprint density at radius 3 is 2.58 bits per heavy atom. The highest BCUT2D eigenvalue weighted by atomic mass is 16.3. The van der Waals surface area contributed by atoms with Crippen LogP contribution in [0.2, 0.25) is 0 Å². The minimum atomic E-state index is -0.251. The Labute approximate surface area is 112 Å². The molecule has 0 heterocycles. The highest BCUT2D eigenvalue weighted by molar-refractivity contribution is 6.10. The van der Waals surface area contributed by atoms with Crippen LogP contribution in [0.3, 0.4) is 0 Å². The number of Topliss-reactive ketones (excluding diaryl/α,β-unsaturated/α-hetero) is 2. The van der Waals surface area contributed by atoms with Crippen molar-refractivity contribution in [1.29, 1.82) is 0 Å². The standard InChI is InChI=1S/C16H16O3/c1-4-5-14(18)13-8-12-9(2)6-7-11(12)15(10(3)17)16(13)19/h6-8,19H,2,4-5H2,1,3H3. The quantitative estimate of drug-likeness (QED) is 0.837. The van der Waals surface area contributed by atoms with Crippen molar-refractivity contribution in [3.63, 3.8) is 0 Å². The summed E-state index contributed by atoms with van der Waals surface area (Å²) in [6, 6.07) is 1.64. The summed E-state index contributed by atoms with van der Waals surface area (Å²) in [7, 11) is 0. The number of fused-ring (bicyclic) bond motifs is 1. The number of rotatable bonds is 4. The number of phenols is 1. The molecule has 0 aromatic heterocycles. The molecule has 1 aromatic carbocycles. The van der Waals surface area contributed by atoms with Crippen LogP contribution in [0.5, 0.6) is 5.75 Å². The minimum absolute atomic E-state index is 0.148. The van der Waals surface area contributed by atoms with E-state index in [1.807, 2.05) is 6.92 Å². The molecule has 0 radical (unpaired) electrons. The summed E-state index contributed by atoms with van der Waals surface area (Å²) in [6.45, 7) is 7.17. The van der Waals surface area contributed by atoms with Crippen LogP contribution in [0.25, 0.3) is 11.6 Å². The van der Waals surface area contributed by atoms with Gasteiger partial charge in [-0.05, 0) is 36.1 Å². The van der Waals surface area contributed by atoms with Gasteiger partial charge in [-0.25, -0.2) is 0 Å². The van der Waals surface area contributed by atoms with E-state index >= 15 is 0 Å². The third-order valence-corrected chi connectivity index (χ3v) is 3.27. The zero-order valence-electron chi connectivity index (χ0n) is 11.1. The van der Waals surface area contributed by atoms with Crippen LogP contribution in [-0.4, -0.2) is 16.7 Å². The summed E-state index contributed by atoms with van der Waals surface area (Å²) in [4.78, 5) is 23.8. The average Bonchev–Trinajstić information content (AvgIpc) is 2.69. The largest absolute Gasteiger partial charge is 0.506 e. The van der Waals surface area contributed by atoms with Crippen molar-refractivity contribution >= 4 is 23.2 Å². The second-order valence-electron chi connectivity index (χ2n) is 4.70. The molecule has 0 bridgehead atoms. The molecule has 3 nitrogen and oxygen atoms in total. The average molecular weight is 256 g/mol. The first-order valence-electron chi connectivity index (χ1n) is 6.28. The van der Waals surface area contributed by atoms with Crippen molar-refractivity contribution in [2.45, 2.75) is 26.7 Å². The van der Waals surface area contributed by atoms with Crippen LogP contribution < -0.4 is 0 Å². The van der Waals surface area contributed by atoms with Gasteiger partial charge in [0.05, 0.1) is 11.1 Å². The number of hydrogen-bond acceptors (Lipinski definition) is 3. The van der Waals surface area contributed by atoms with Gasteiger partial charge in [-0.15, -0.1) is 0 Å². The highest BCUT2D eigenvalue weighted by Crippen LogP contribution is 2.38. The molecule has 0 fully saturated rings. The Balaban J connectivity index is 2.70. The van der Waals surface area contributed by atoms with Gasteiger partial charge in [0.2, 0.25) is 0 Å². The molecule has 1 N–H and O–H groups in total. The molecular weight excluding hydrogens is 240 g/mol. The zero-order chi connectivity index (χ0) is 14.2. The number of carbonyl (C=O) groups is 2. The Morgan fingerprint density at radius 2 is 2.00 bits per heavy atom. The fourth-order valence-electron chi connectivity index (χ4n) is 2.33. The first-order chi connectivity index (χ1) is 8.97. The third-order valence-electron chi connectivity index (χ3n) is 3.27. The summed E-state index contributed by atoms with van der Waals surface area (Å²) in [5, 5.41) is 10.2. The van der Waals surface area contributed by atoms with Crippen LogP contribution in [0, 0.1) is 0 Å². The number of allylic oxidation sites excluding steroid dienone is 2. The monoisotopic (exact) mass is 256 g/mol. The van der Waals surface area contributed by atoms with Crippen molar-refractivity contribution in [2.24, 2.45) is 0 Å². The van der Waals surface area contributed by atoms with E-state index in [1.165, 1.54) is 6.92 Å². The molecule has 0 amide bonds. The molecule has 19 heavy (non-hydrogen) atoms. The number of hydrogen-bond donors (Lipinski definition) is 1. The Kier molecular flexibility index (Phi) is 3.38. The normalized spacial score (nSPS) is 12.6. The molecule has 1 aromatic rings. The first kappa shape index (κ1) is 13.3. The molecule has 0 saturated heterocycles. The SMILES string of the molecule is C=C1C=Cc2c1cc(C(=O)CCC)c(O)c2C(C)=O. The molecule has 0 saturated carbocycles. The van der Waals surface area contributed by atoms with Gasteiger partial charge >= 0.3 is 0 Å². The van der Waals surface area contributed by atoms with Gasteiger partial charge in [-0.2, -0.15) is 0 Å². The molecule has 1 aliphatic carbocycles. The summed E-state index contributed by atoms with van der Waals surface area (Å²) < 4.78 is 0. The van der Waals surface area contributed by atoms with Crippen LogP contribution in [-0.2, 0) is 0 Å².